The number of anilines is 4. The van der Waals surface area contributed by atoms with Gasteiger partial charge in [-0.25, -0.2) is 0 Å². The third kappa shape index (κ3) is 5.20. The topological polar surface area (TPSA) is 58.5 Å². The van der Waals surface area contributed by atoms with Gasteiger partial charge in [-0.3, -0.25) is 0 Å². The minimum Gasteiger partial charge on any atom is -1.00 e. The van der Waals surface area contributed by atoms with Crippen molar-refractivity contribution in [3.05, 3.63) is 48.5 Å². The van der Waals surface area contributed by atoms with Crippen LogP contribution in [-0.4, -0.2) is 87.5 Å². The molecule has 2 unspecified atom stereocenters. The maximum Gasteiger partial charge on any atom is 0.129 e. The zero-order chi connectivity index (χ0) is 22.3. The number of likely N-dealkylation sites (N-methyl/N-ethyl adjacent to an activating group) is 2. The molecule has 4 N–H and O–H groups in total. The first-order chi connectivity index (χ1) is 15.3. The minimum atomic E-state index is 0. The number of hydrogen-bond acceptors (Lipinski definition) is 4. The minimum absolute atomic E-state index is 0. The van der Waals surface area contributed by atoms with Gasteiger partial charge in [0, 0.05) is 48.7 Å². The van der Waals surface area contributed by atoms with Crippen molar-refractivity contribution in [3.63, 3.8) is 0 Å². The van der Waals surface area contributed by atoms with Crippen molar-refractivity contribution in [1.29, 1.82) is 0 Å². The van der Waals surface area contributed by atoms with E-state index in [1.807, 2.05) is 24.3 Å². The molecule has 0 radical (unpaired) electrons. The number of rotatable bonds is 4. The van der Waals surface area contributed by atoms with Crippen LogP contribution < -0.4 is 46.1 Å². The average molecular weight is 508 g/mol. The summed E-state index contributed by atoms with van der Waals surface area (Å²) >= 11 is 0. The van der Waals surface area contributed by atoms with Crippen molar-refractivity contribution in [2.45, 2.75) is 24.9 Å². The molecule has 6 nitrogen and oxygen atoms in total. The lowest BCUT2D eigenvalue weighted by molar-refractivity contribution is -1.03. The van der Waals surface area contributed by atoms with Crippen molar-refractivity contribution in [2.75, 3.05) is 87.7 Å². The lowest BCUT2D eigenvalue weighted by Gasteiger charge is -2.51. The smallest absolute Gasteiger partial charge is 0.129 e. The fraction of sp³-hybridized carbons (Fsp3) is 0.538. The van der Waals surface area contributed by atoms with Gasteiger partial charge in [0.05, 0.1) is 27.2 Å². The highest BCUT2D eigenvalue weighted by molar-refractivity contribution is 5.54. The fourth-order valence-corrected chi connectivity index (χ4v) is 6.21. The molecular weight excluding hydrogens is 467 g/mol. The van der Waals surface area contributed by atoms with E-state index < -0.39 is 0 Å². The van der Waals surface area contributed by atoms with Crippen LogP contribution in [0.4, 0.5) is 22.7 Å². The second-order valence-electron chi connectivity index (χ2n) is 10.8. The molecule has 0 saturated carbocycles. The van der Waals surface area contributed by atoms with Crippen LogP contribution in [-0.2, 0) is 0 Å². The second kappa shape index (κ2) is 10.4. The highest BCUT2D eigenvalue weighted by atomic mass is 35.5. The van der Waals surface area contributed by atoms with Crippen LogP contribution in [0.2, 0.25) is 0 Å². The average Bonchev–Trinajstić information content (AvgIpc) is 3.48. The third-order valence-corrected chi connectivity index (χ3v) is 8.85. The van der Waals surface area contributed by atoms with Crippen LogP contribution in [0.15, 0.2) is 48.5 Å². The highest BCUT2D eigenvalue weighted by Gasteiger charge is 2.48. The summed E-state index contributed by atoms with van der Waals surface area (Å²) < 4.78 is 2.46. The van der Waals surface area contributed by atoms with Gasteiger partial charge >= 0.3 is 0 Å². The molecule has 0 aromatic heterocycles. The molecule has 0 aliphatic carbocycles. The number of nitrogens with two attached hydrogens (primary N) is 2. The zero-order valence-corrected chi connectivity index (χ0v) is 22.1. The molecule has 3 saturated heterocycles. The summed E-state index contributed by atoms with van der Waals surface area (Å²) in [6.07, 6.45) is 2.58. The molecule has 3 heterocycles. The molecule has 2 aromatic carbocycles. The van der Waals surface area contributed by atoms with E-state index >= 15 is 0 Å². The number of piperazine rings is 1. The molecule has 2 atom stereocenters. The molecule has 5 rings (SSSR count). The van der Waals surface area contributed by atoms with E-state index in [9.17, 15) is 0 Å². The lowest BCUT2D eigenvalue weighted by atomic mass is 10.1. The molecule has 34 heavy (non-hydrogen) atoms. The monoisotopic (exact) mass is 506 g/mol. The zero-order valence-electron chi connectivity index (χ0n) is 20.5. The normalized spacial score (nSPS) is 31.1. The van der Waals surface area contributed by atoms with Crippen molar-refractivity contribution < 1.29 is 33.8 Å². The fourth-order valence-electron chi connectivity index (χ4n) is 6.21. The Kier molecular flexibility index (Phi) is 8.18. The predicted octanol–water partition coefficient (Wildman–Crippen LogP) is -3.38. The molecule has 3 fully saturated rings. The molecule has 188 valence electrons. The Morgan fingerprint density at radius 2 is 0.941 bits per heavy atom. The molecule has 8 heteroatoms. The molecular formula is C26H40Cl2N6. The maximum absolute atomic E-state index is 5.88. The Hall–Kier alpha value is -1.86. The van der Waals surface area contributed by atoms with E-state index in [1.54, 1.807) is 0 Å². The van der Waals surface area contributed by atoms with Crippen LogP contribution in [0.5, 0.6) is 0 Å². The second-order valence-corrected chi connectivity index (χ2v) is 10.8. The van der Waals surface area contributed by atoms with Crippen LogP contribution in [0.3, 0.4) is 0 Å². The number of hydrogen-bond donors (Lipinski definition) is 2. The first kappa shape index (κ1) is 26.7. The summed E-state index contributed by atoms with van der Waals surface area (Å²) in [6, 6.07) is 18.3. The van der Waals surface area contributed by atoms with Gasteiger partial charge in [-0.2, -0.15) is 0 Å². The van der Waals surface area contributed by atoms with E-state index in [0.29, 0.717) is 0 Å². The van der Waals surface area contributed by atoms with Gasteiger partial charge in [0.2, 0.25) is 0 Å². The van der Waals surface area contributed by atoms with E-state index in [2.05, 4.69) is 48.2 Å². The summed E-state index contributed by atoms with van der Waals surface area (Å²) in [7, 11) is 5.02. The molecule has 3 aliphatic rings. The first-order valence-corrected chi connectivity index (χ1v) is 12.2. The largest absolute Gasteiger partial charge is 1.00 e. The Labute approximate surface area is 217 Å². The molecule has 0 bridgehead atoms. The van der Waals surface area contributed by atoms with Crippen molar-refractivity contribution in [3.8, 4) is 0 Å². The van der Waals surface area contributed by atoms with Crippen molar-refractivity contribution in [2.24, 2.45) is 0 Å². The van der Waals surface area contributed by atoms with Crippen LogP contribution >= 0.6 is 0 Å². The van der Waals surface area contributed by atoms with Gasteiger partial charge in [-0.1, -0.05) is 0 Å². The summed E-state index contributed by atoms with van der Waals surface area (Å²) in [5, 5.41) is 0. The number of nitrogen functional groups attached to an aromatic ring is 2. The number of quaternary nitrogens is 2. The Bertz CT molecular complexity index is 850. The van der Waals surface area contributed by atoms with Crippen molar-refractivity contribution in [1.82, 2.24) is 0 Å². The first-order valence-electron chi connectivity index (χ1n) is 12.2. The molecule has 0 amide bonds. The summed E-state index contributed by atoms with van der Waals surface area (Å²) in [4.78, 5) is 5.11. The number of halogens is 2. The Morgan fingerprint density at radius 1 is 0.618 bits per heavy atom. The van der Waals surface area contributed by atoms with E-state index in [4.69, 9.17) is 11.5 Å². The standard InChI is InChI=1S/C26H40N6.2ClH/c1-31(25-11-13-29(19-25)23-7-3-21(27)4-8-23)15-17-32(2,18-16-31)26-12-14-30(20-26)24-9-5-22(28)6-10-24;;/h3-10,25-26H,11-20,27-28H2,1-2H3;2*1H/q+2;;/p-2. The van der Waals surface area contributed by atoms with Gasteiger partial charge in [-0.15, -0.1) is 0 Å². The molecule has 0 spiro atoms. The number of nitrogens with zero attached hydrogens (tertiary/aromatic N) is 4. The van der Waals surface area contributed by atoms with Crippen LogP contribution in [0.1, 0.15) is 12.8 Å². The quantitative estimate of drug-likeness (QED) is 0.335. The van der Waals surface area contributed by atoms with Gasteiger partial charge < -0.3 is 55.0 Å². The van der Waals surface area contributed by atoms with E-state index in [1.165, 1.54) is 72.5 Å². The maximum atomic E-state index is 5.88. The third-order valence-electron chi connectivity index (χ3n) is 8.85. The highest BCUT2D eigenvalue weighted by Crippen LogP contribution is 2.32. The number of benzene rings is 2. The summed E-state index contributed by atoms with van der Waals surface area (Å²) in [6.45, 7) is 9.80. The Morgan fingerprint density at radius 3 is 1.26 bits per heavy atom. The van der Waals surface area contributed by atoms with Crippen molar-refractivity contribution >= 4 is 22.7 Å². The molecule has 3 aliphatic heterocycles. The SMILES string of the molecule is C[N+]1(C2CCN(c3ccc(N)cc3)C2)CC[N+](C)(C2CCN(c3ccc(N)cc3)C2)CC1.[Cl-].[Cl-]. The van der Waals surface area contributed by atoms with Gasteiger partial charge in [0.25, 0.3) is 0 Å². The van der Waals surface area contributed by atoms with E-state index in [-0.39, 0.29) is 24.8 Å². The molecule has 2 aromatic rings. The Balaban J connectivity index is 0.00000162. The van der Waals surface area contributed by atoms with Gasteiger partial charge in [-0.05, 0) is 48.5 Å². The predicted molar refractivity (Wildman–Crippen MR) is 135 cm³/mol. The summed E-state index contributed by atoms with van der Waals surface area (Å²) in [5.74, 6) is 0. The lowest BCUT2D eigenvalue weighted by Crippen LogP contribution is -3.00. The van der Waals surface area contributed by atoms with E-state index in [0.717, 1.165) is 36.5 Å². The summed E-state index contributed by atoms with van der Waals surface area (Å²) in [5.41, 5.74) is 16.1. The van der Waals surface area contributed by atoms with Crippen LogP contribution in [0, 0.1) is 0 Å². The van der Waals surface area contributed by atoms with Crippen LogP contribution in [0.25, 0.3) is 0 Å². The van der Waals surface area contributed by atoms with Gasteiger partial charge in [0.1, 0.15) is 38.3 Å². The van der Waals surface area contributed by atoms with Gasteiger partial charge in [0.15, 0.2) is 0 Å².